The normalized spacial score (nSPS) is 11.6. The van der Waals surface area contributed by atoms with Crippen LogP contribution in [0.15, 0.2) is 36.8 Å². The molecular weight excluding hydrogens is 262 g/mol. The third-order valence-corrected chi connectivity index (χ3v) is 3.55. The predicted molar refractivity (Wildman–Crippen MR) is 83.7 cm³/mol. The van der Waals surface area contributed by atoms with Gasteiger partial charge >= 0.3 is 0 Å². The van der Waals surface area contributed by atoms with E-state index in [1.807, 2.05) is 30.6 Å². The van der Waals surface area contributed by atoms with E-state index in [0.29, 0.717) is 6.04 Å². The molecule has 5 heteroatoms. The second-order valence-electron chi connectivity index (χ2n) is 5.41. The van der Waals surface area contributed by atoms with Gasteiger partial charge < -0.3 is 9.72 Å². The van der Waals surface area contributed by atoms with E-state index in [1.165, 1.54) is 0 Å². The number of nitrogens with zero attached hydrogens (tertiary/aromatic N) is 4. The molecule has 0 aliphatic rings. The summed E-state index contributed by atoms with van der Waals surface area (Å²) in [6.45, 7) is 7.19. The third kappa shape index (κ3) is 2.56. The van der Waals surface area contributed by atoms with E-state index in [4.69, 9.17) is 4.98 Å². The maximum Gasteiger partial charge on any atom is 0.161 e. The lowest BCUT2D eigenvalue weighted by Crippen LogP contribution is -2.23. The van der Waals surface area contributed by atoms with Crippen LogP contribution in [-0.4, -0.2) is 25.0 Å². The Morgan fingerprint density at radius 2 is 2.10 bits per heavy atom. The first-order valence-electron chi connectivity index (χ1n) is 7.42. The van der Waals surface area contributed by atoms with Crippen LogP contribution in [-0.2, 0) is 13.0 Å². The van der Waals surface area contributed by atoms with E-state index in [-0.39, 0.29) is 0 Å². The molecule has 0 unspecified atom stereocenters. The van der Waals surface area contributed by atoms with Gasteiger partial charge in [0.1, 0.15) is 11.5 Å². The Morgan fingerprint density at radius 3 is 2.86 bits per heavy atom. The molecule has 0 spiro atoms. The summed E-state index contributed by atoms with van der Waals surface area (Å²) in [7, 11) is 0. The molecule has 3 heterocycles. The van der Waals surface area contributed by atoms with E-state index >= 15 is 0 Å². The van der Waals surface area contributed by atoms with Crippen molar-refractivity contribution in [3.63, 3.8) is 0 Å². The van der Waals surface area contributed by atoms with Crippen LogP contribution in [0.5, 0.6) is 0 Å². The van der Waals surface area contributed by atoms with Gasteiger partial charge in [-0.1, -0.05) is 26.8 Å². The number of hydrogen-bond donors (Lipinski definition) is 1. The van der Waals surface area contributed by atoms with Gasteiger partial charge in [-0.15, -0.1) is 0 Å². The molecular formula is C16H21N5. The first-order chi connectivity index (χ1) is 10.2. The van der Waals surface area contributed by atoms with Crippen molar-refractivity contribution < 1.29 is 0 Å². The minimum Gasteiger partial charge on any atom is -0.309 e. The summed E-state index contributed by atoms with van der Waals surface area (Å²) in [6.07, 6.45) is 6.77. The van der Waals surface area contributed by atoms with Crippen LogP contribution in [0.4, 0.5) is 0 Å². The number of imidazole rings is 2. The summed E-state index contributed by atoms with van der Waals surface area (Å²) < 4.78 is 4.23. The maximum absolute atomic E-state index is 4.79. The zero-order valence-electron chi connectivity index (χ0n) is 12.7. The molecule has 110 valence electrons. The van der Waals surface area contributed by atoms with Gasteiger partial charge in [-0.3, -0.25) is 4.57 Å². The maximum atomic E-state index is 4.79. The summed E-state index contributed by atoms with van der Waals surface area (Å²) in [4.78, 5) is 9.20. The largest absolute Gasteiger partial charge is 0.309 e. The molecule has 0 saturated heterocycles. The molecule has 3 aromatic heterocycles. The highest BCUT2D eigenvalue weighted by atomic mass is 15.2. The topological polar surface area (TPSA) is 47.2 Å². The van der Waals surface area contributed by atoms with Crippen molar-refractivity contribution >= 4 is 5.65 Å². The van der Waals surface area contributed by atoms with Gasteiger partial charge in [0.2, 0.25) is 0 Å². The lowest BCUT2D eigenvalue weighted by atomic mass is 10.3. The molecule has 0 radical (unpaired) electrons. The molecule has 0 bridgehead atoms. The fourth-order valence-electron chi connectivity index (χ4n) is 2.48. The van der Waals surface area contributed by atoms with E-state index < -0.39 is 0 Å². The van der Waals surface area contributed by atoms with Gasteiger partial charge in [0.25, 0.3) is 0 Å². The average Bonchev–Trinajstić information content (AvgIpc) is 3.08. The van der Waals surface area contributed by atoms with Gasteiger partial charge in [0, 0.05) is 37.6 Å². The van der Waals surface area contributed by atoms with E-state index in [0.717, 1.165) is 35.9 Å². The zero-order chi connectivity index (χ0) is 14.8. The Balaban J connectivity index is 2.14. The Hall–Kier alpha value is -2.14. The SMILES string of the molecule is CCc1nccn1-c1nc2ccccn2c1CNC(C)C. The monoisotopic (exact) mass is 283 g/mol. The molecule has 0 aliphatic carbocycles. The molecule has 5 nitrogen and oxygen atoms in total. The highest BCUT2D eigenvalue weighted by Crippen LogP contribution is 2.18. The van der Waals surface area contributed by atoms with Crippen LogP contribution in [0.2, 0.25) is 0 Å². The minimum absolute atomic E-state index is 0.431. The average molecular weight is 283 g/mol. The molecule has 1 N–H and O–H groups in total. The van der Waals surface area contributed by atoms with Crippen LogP contribution in [0.1, 0.15) is 32.3 Å². The van der Waals surface area contributed by atoms with E-state index in [2.05, 4.69) is 46.2 Å². The summed E-state index contributed by atoms with van der Waals surface area (Å²) in [5, 5.41) is 3.49. The Labute approximate surface area is 124 Å². The summed E-state index contributed by atoms with van der Waals surface area (Å²) >= 11 is 0. The van der Waals surface area contributed by atoms with Crippen LogP contribution >= 0.6 is 0 Å². The number of nitrogens with one attached hydrogen (secondary N) is 1. The minimum atomic E-state index is 0.431. The quantitative estimate of drug-likeness (QED) is 0.783. The number of hydrogen-bond acceptors (Lipinski definition) is 3. The van der Waals surface area contributed by atoms with Crippen molar-refractivity contribution in [3.05, 3.63) is 48.3 Å². The van der Waals surface area contributed by atoms with Crippen LogP contribution in [0, 0.1) is 0 Å². The molecule has 0 amide bonds. The number of fused-ring (bicyclic) bond motifs is 1. The number of pyridine rings is 1. The Morgan fingerprint density at radius 1 is 1.24 bits per heavy atom. The van der Waals surface area contributed by atoms with Gasteiger partial charge in [0.05, 0.1) is 5.69 Å². The molecule has 0 aromatic carbocycles. The molecule has 0 fully saturated rings. The summed E-state index contributed by atoms with van der Waals surface area (Å²) in [5.41, 5.74) is 2.12. The zero-order valence-corrected chi connectivity index (χ0v) is 12.7. The highest BCUT2D eigenvalue weighted by Gasteiger charge is 2.15. The molecule has 0 atom stereocenters. The second-order valence-corrected chi connectivity index (χ2v) is 5.41. The van der Waals surface area contributed by atoms with Gasteiger partial charge in [0.15, 0.2) is 5.82 Å². The first kappa shape index (κ1) is 13.8. The number of aryl methyl sites for hydroxylation is 1. The van der Waals surface area contributed by atoms with Gasteiger partial charge in [-0.25, -0.2) is 9.97 Å². The van der Waals surface area contributed by atoms with Crippen molar-refractivity contribution in [2.45, 2.75) is 39.8 Å². The van der Waals surface area contributed by atoms with Crippen molar-refractivity contribution in [3.8, 4) is 5.82 Å². The summed E-state index contributed by atoms with van der Waals surface area (Å²) in [6, 6.07) is 6.51. The highest BCUT2D eigenvalue weighted by molar-refractivity contribution is 5.49. The standard InChI is InChI=1S/C16H21N5/c1-4-14-17-8-10-21(14)16-13(11-18-12(2)3)20-9-6-5-7-15(20)19-16/h5-10,12,18H,4,11H2,1-3H3. The molecule has 21 heavy (non-hydrogen) atoms. The van der Waals surface area contributed by atoms with E-state index in [9.17, 15) is 0 Å². The van der Waals surface area contributed by atoms with Gasteiger partial charge in [-0.2, -0.15) is 0 Å². The van der Waals surface area contributed by atoms with Crippen LogP contribution in [0.3, 0.4) is 0 Å². The second kappa shape index (κ2) is 5.69. The first-order valence-corrected chi connectivity index (χ1v) is 7.42. The summed E-state index contributed by atoms with van der Waals surface area (Å²) in [5.74, 6) is 1.99. The lowest BCUT2D eigenvalue weighted by molar-refractivity contribution is 0.577. The van der Waals surface area contributed by atoms with Crippen LogP contribution < -0.4 is 5.32 Å². The van der Waals surface area contributed by atoms with Crippen molar-refractivity contribution in [1.29, 1.82) is 0 Å². The van der Waals surface area contributed by atoms with E-state index in [1.54, 1.807) is 0 Å². The van der Waals surface area contributed by atoms with Gasteiger partial charge in [-0.05, 0) is 12.1 Å². The number of aromatic nitrogens is 4. The van der Waals surface area contributed by atoms with Crippen molar-refractivity contribution in [2.24, 2.45) is 0 Å². The molecule has 0 aliphatic heterocycles. The number of rotatable bonds is 5. The Bertz CT molecular complexity index is 738. The molecule has 0 saturated carbocycles. The predicted octanol–water partition coefficient (Wildman–Crippen LogP) is 2.58. The Kier molecular flexibility index (Phi) is 3.75. The lowest BCUT2D eigenvalue weighted by Gasteiger charge is -2.11. The van der Waals surface area contributed by atoms with Crippen LogP contribution in [0.25, 0.3) is 11.5 Å². The fourth-order valence-corrected chi connectivity index (χ4v) is 2.48. The molecule has 3 aromatic rings. The molecule has 3 rings (SSSR count). The third-order valence-electron chi connectivity index (χ3n) is 3.55. The van der Waals surface area contributed by atoms with Crippen molar-refractivity contribution in [1.82, 2.24) is 24.3 Å². The fraction of sp³-hybridized carbons (Fsp3) is 0.375. The van der Waals surface area contributed by atoms with Crippen molar-refractivity contribution in [2.75, 3.05) is 0 Å². The smallest absolute Gasteiger partial charge is 0.161 e.